The quantitative estimate of drug-likeness (QED) is 0.670. The monoisotopic (exact) mass is 352 g/mol. The zero-order chi connectivity index (χ0) is 17.2. The lowest BCUT2D eigenvalue weighted by Gasteiger charge is -2.21. The van der Waals surface area contributed by atoms with Gasteiger partial charge in [-0.1, -0.05) is 31.4 Å². The molecule has 2 N–H and O–H groups in total. The number of hydrogen-bond donors (Lipinski definition) is 2. The number of rotatable bonds is 9. The van der Waals surface area contributed by atoms with Gasteiger partial charge < -0.3 is 15.4 Å². The first-order valence-electron chi connectivity index (χ1n) is 8.64. The highest BCUT2D eigenvalue weighted by Crippen LogP contribution is 2.24. The van der Waals surface area contributed by atoms with Gasteiger partial charge in [0.1, 0.15) is 0 Å². The Kier molecular flexibility index (Phi) is 8.42. The summed E-state index contributed by atoms with van der Waals surface area (Å²) in [5.74, 6) is 0.483. The molecule has 1 atom stereocenters. The number of anilines is 1. The summed E-state index contributed by atoms with van der Waals surface area (Å²) in [6.45, 7) is 1.47. The fourth-order valence-corrected chi connectivity index (χ4v) is 4.53. The lowest BCUT2D eigenvalue weighted by molar-refractivity contribution is -0.115. The van der Waals surface area contributed by atoms with Crippen LogP contribution in [0.15, 0.2) is 24.3 Å². The molecule has 1 aliphatic rings. The zero-order valence-electron chi connectivity index (χ0n) is 14.4. The molecule has 0 radical (unpaired) electrons. The summed E-state index contributed by atoms with van der Waals surface area (Å²) in [6, 6.07) is 7.67. The maximum Gasteiger partial charge on any atom is 0.238 e. The van der Waals surface area contributed by atoms with E-state index in [4.69, 9.17) is 4.74 Å². The van der Waals surface area contributed by atoms with Gasteiger partial charge in [0.05, 0.1) is 13.2 Å². The maximum absolute atomic E-state index is 12.5. The van der Waals surface area contributed by atoms with Crippen LogP contribution in [0.3, 0.4) is 0 Å². The van der Waals surface area contributed by atoms with Crippen LogP contribution in [0.2, 0.25) is 0 Å². The van der Waals surface area contributed by atoms with E-state index in [9.17, 15) is 9.00 Å². The normalized spacial score (nSPS) is 16.7. The van der Waals surface area contributed by atoms with Gasteiger partial charge in [0.15, 0.2) is 0 Å². The molecule has 0 heterocycles. The molecule has 2 rings (SSSR count). The van der Waals surface area contributed by atoms with Gasteiger partial charge in [-0.15, -0.1) is 0 Å². The third-order valence-corrected chi connectivity index (χ3v) is 6.04. The molecule has 24 heavy (non-hydrogen) atoms. The maximum atomic E-state index is 12.5. The zero-order valence-corrected chi connectivity index (χ0v) is 15.2. The van der Waals surface area contributed by atoms with Crippen molar-refractivity contribution in [3.63, 3.8) is 0 Å². The molecule has 6 heteroatoms. The van der Waals surface area contributed by atoms with Crippen molar-refractivity contribution in [1.29, 1.82) is 0 Å². The van der Waals surface area contributed by atoms with Gasteiger partial charge in [-0.05, 0) is 30.5 Å². The van der Waals surface area contributed by atoms with Crippen LogP contribution in [0.25, 0.3) is 0 Å². The molecular weight excluding hydrogens is 324 g/mol. The molecule has 0 aromatic heterocycles. The van der Waals surface area contributed by atoms with Gasteiger partial charge in [-0.3, -0.25) is 9.00 Å². The number of amides is 1. The van der Waals surface area contributed by atoms with Crippen molar-refractivity contribution in [1.82, 2.24) is 5.32 Å². The molecule has 0 bridgehead atoms. The van der Waals surface area contributed by atoms with Crippen molar-refractivity contribution in [3.8, 4) is 0 Å². The van der Waals surface area contributed by atoms with Crippen LogP contribution in [0.4, 0.5) is 5.69 Å². The third kappa shape index (κ3) is 6.71. The second-order valence-electron chi connectivity index (χ2n) is 6.20. The number of carbonyl (C=O) groups is 1. The van der Waals surface area contributed by atoms with E-state index in [1.54, 1.807) is 7.11 Å². The highest BCUT2D eigenvalue weighted by molar-refractivity contribution is 7.84. The van der Waals surface area contributed by atoms with Crippen molar-refractivity contribution >= 4 is 22.4 Å². The highest BCUT2D eigenvalue weighted by Gasteiger charge is 2.19. The largest absolute Gasteiger partial charge is 0.383 e. The van der Waals surface area contributed by atoms with E-state index < -0.39 is 10.8 Å². The molecule has 0 saturated heterocycles. The molecule has 134 valence electrons. The predicted octanol–water partition coefficient (Wildman–Crippen LogP) is 2.44. The Bertz CT molecular complexity index is 545. The molecule has 0 spiro atoms. The molecular formula is C18H28N2O3S. The van der Waals surface area contributed by atoms with Gasteiger partial charge >= 0.3 is 0 Å². The summed E-state index contributed by atoms with van der Waals surface area (Å²) in [5.41, 5.74) is 1.77. The van der Waals surface area contributed by atoms with E-state index in [1.165, 1.54) is 19.3 Å². The Morgan fingerprint density at radius 2 is 2.08 bits per heavy atom. The topological polar surface area (TPSA) is 67.4 Å². The molecule has 1 unspecified atom stereocenters. The minimum Gasteiger partial charge on any atom is -0.383 e. The van der Waals surface area contributed by atoms with Gasteiger partial charge in [0.2, 0.25) is 5.91 Å². The summed E-state index contributed by atoms with van der Waals surface area (Å²) in [7, 11) is 0.805. The van der Waals surface area contributed by atoms with E-state index >= 15 is 0 Å². The Labute approximate surface area is 147 Å². The average molecular weight is 353 g/mol. The summed E-state index contributed by atoms with van der Waals surface area (Å²) >= 11 is 0. The molecule has 1 aliphatic carbocycles. The van der Waals surface area contributed by atoms with Crippen molar-refractivity contribution in [3.05, 3.63) is 29.8 Å². The minimum absolute atomic E-state index is 0.0864. The molecule has 5 nitrogen and oxygen atoms in total. The first kappa shape index (κ1) is 19.1. The second kappa shape index (κ2) is 10.6. The minimum atomic E-state index is -0.825. The van der Waals surface area contributed by atoms with Gasteiger partial charge in [-0.2, -0.15) is 0 Å². The van der Waals surface area contributed by atoms with E-state index in [0.29, 0.717) is 24.2 Å². The van der Waals surface area contributed by atoms with Crippen LogP contribution < -0.4 is 10.6 Å². The van der Waals surface area contributed by atoms with Gasteiger partial charge in [0.25, 0.3) is 0 Å². The lowest BCUT2D eigenvalue weighted by atomic mass is 10.0. The van der Waals surface area contributed by atoms with Crippen molar-refractivity contribution in [2.45, 2.75) is 43.1 Å². The summed E-state index contributed by atoms with van der Waals surface area (Å²) in [5, 5.41) is 6.22. The first-order valence-corrected chi connectivity index (χ1v) is 10.0. The Balaban J connectivity index is 1.82. The molecule has 1 aromatic rings. The number of carbonyl (C=O) groups excluding carboxylic acids is 1. The predicted molar refractivity (Wildman–Crippen MR) is 98.5 cm³/mol. The van der Waals surface area contributed by atoms with Crippen LogP contribution in [0.5, 0.6) is 0 Å². The lowest BCUT2D eigenvalue weighted by Crippen LogP contribution is -2.30. The fraction of sp³-hybridized carbons (Fsp3) is 0.611. The van der Waals surface area contributed by atoms with E-state index in [0.717, 1.165) is 24.1 Å². The Morgan fingerprint density at radius 3 is 2.83 bits per heavy atom. The molecule has 0 aliphatic heterocycles. The van der Waals surface area contributed by atoms with Gasteiger partial charge in [-0.25, -0.2) is 0 Å². The van der Waals surface area contributed by atoms with Crippen LogP contribution in [0, 0.1) is 0 Å². The van der Waals surface area contributed by atoms with Crippen LogP contribution >= 0.6 is 0 Å². The Hall–Kier alpha value is -1.24. The first-order chi connectivity index (χ1) is 11.7. The van der Waals surface area contributed by atoms with Crippen LogP contribution in [-0.4, -0.2) is 42.2 Å². The SMILES string of the molecule is COCCNCC(=O)Nc1cccc(CS(=O)C2CCCCC2)c1. The molecule has 1 saturated carbocycles. The smallest absolute Gasteiger partial charge is 0.238 e. The fourth-order valence-electron chi connectivity index (χ4n) is 2.93. The van der Waals surface area contributed by atoms with E-state index in [1.807, 2.05) is 24.3 Å². The molecule has 1 amide bonds. The number of methoxy groups -OCH3 is 1. The number of nitrogens with one attached hydrogen (secondary N) is 2. The number of hydrogen-bond acceptors (Lipinski definition) is 4. The number of ether oxygens (including phenoxy) is 1. The van der Waals surface area contributed by atoms with Crippen molar-refractivity contribution in [2.75, 3.05) is 32.1 Å². The summed E-state index contributed by atoms with van der Waals surface area (Å²) in [4.78, 5) is 11.9. The van der Waals surface area contributed by atoms with Crippen LogP contribution in [-0.2, 0) is 26.1 Å². The standard InChI is InChI=1S/C18H28N2O3S/c1-23-11-10-19-13-18(21)20-16-7-5-6-15(12-16)14-24(22)17-8-3-2-4-9-17/h5-7,12,17,19H,2-4,8-11,13-14H2,1H3,(H,20,21). The molecule has 1 aromatic carbocycles. The third-order valence-electron chi connectivity index (χ3n) is 4.21. The second-order valence-corrected chi connectivity index (χ2v) is 7.92. The number of benzene rings is 1. The Morgan fingerprint density at radius 1 is 1.29 bits per heavy atom. The van der Waals surface area contributed by atoms with E-state index in [-0.39, 0.29) is 12.5 Å². The average Bonchev–Trinajstić information content (AvgIpc) is 2.60. The van der Waals surface area contributed by atoms with Crippen LogP contribution in [0.1, 0.15) is 37.7 Å². The van der Waals surface area contributed by atoms with Crippen molar-refractivity contribution < 1.29 is 13.7 Å². The highest BCUT2D eigenvalue weighted by atomic mass is 32.2. The van der Waals surface area contributed by atoms with Crippen molar-refractivity contribution in [2.24, 2.45) is 0 Å². The van der Waals surface area contributed by atoms with E-state index in [2.05, 4.69) is 10.6 Å². The summed E-state index contributed by atoms with van der Waals surface area (Å²) < 4.78 is 17.4. The molecule has 1 fully saturated rings. The van der Waals surface area contributed by atoms with Gasteiger partial charge in [0, 0.05) is 41.1 Å². The summed E-state index contributed by atoms with van der Waals surface area (Å²) in [6.07, 6.45) is 5.82.